The summed E-state index contributed by atoms with van der Waals surface area (Å²) in [6.45, 7) is 3.52. The number of nitrogens with two attached hydrogens (primary N) is 2. The van der Waals surface area contributed by atoms with Crippen LogP contribution in [0.15, 0.2) is 37.2 Å². The lowest BCUT2D eigenvalue weighted by atomic mass is 10.1. The molecule has 23 heteroatoms. The first-order chi connectivity index (χ1) is 22.8. The van der Waals surface area contributed by atoms with E-state index in [2.05, 4.69) is 19.3 Å². The predicted molar refractivity (Wildman–Crippen MR) is 164 cm³/mol. The van der Waals surface area contributed by atoms with E-state index in [0.29, 0.717) is 0 Å². The Morgan fingerprint density at radius 3 is 2.47 bits per heavy atom. The third-order valence-electron chi connectivity index (χ3n) is 7.59. The van der Waals surface area contributed by atoms with Crippen LogP contribution in [0.5, 0.6) is 0 Å². The highest BCUT2D eigenvalue weighted by Gasteiger charge is 2.47. The number of phosphoric ester groups is 2. The van der Waals surface area contributed by atoms with E-state index in [4.69, 9.17) is 30.0 Å². The summed E-state index contributed by atoms with van der Waals surface area (Å²) >= 11 is 0. The van der Waals surface area contributed by atoms with E-state index in [0.717, 1.165) is 6.33 Å². The average molecular weight is 732 g/mol. The lowest BCUT2D eigenvalue weighted by Crippen LogP contribution is -2.44. The highest BCUT2D eigenvalue weighted by atomic mass is 31.3. The highest BCUT2D eigenvalue weighted by Crippen LogP contribution is 2.60. The van der Waals surface area contributed by atoms with Gasteiger partial charge in [-0.2, -0.15) is 8.88 Å². The second-order valence-corrected chi connectivity index (χ2v) is 15.4. The molecule has 8 N–H and O–H groups in total. The first-order valence-electron chi connectivity index (χ1n) is 14.7. The van der Waals surface area contributed by atoms with Gasteiger partial charge in [0.1, 0.15) is 41.3 Å². The van der Waals surface area contributed by atoms with Crippen molar-refractivity contribution in [1.82, 2.24) is 24.4 Å². The molecule has 8 atom stereocenters. The monoisotopic (exact) mass is 731 g/mol. The number of nitrogen functional groups attached to an aromatic ring is 1. The van der Waals surface area contributed by atoms with Crippen LogP contribution in [0.2, 0.25) is 0 Å². The minimum atomic E-state index is -5.36. The summed E-state index contributed by atoms with van der Waals surface area (Å²) in [6.07, 6.45) is -0.948. The van der Waals surface area contributed by atoms with Crippen molar-refractivity contribution in [2.75, 3.05) is 25.5 Å². The molecule has 5 rings (SSSR count). The Morgan fingerprint density at radius 1 is 1.10 bits per heavy atom. The van der Waals surface area contributed by atoms with Gasteiger partial charge in [0.05, 0.1) is 32.1 Å². The highest BCUT2D eigenvalue weighted by molar-refractivity contribution is 7.61. The molecule has 268 valence electrons. The average Bonchev–Trinajstić information content (AvgIpc) is 3.71. The lowest BCUT2D eigenvalue weighted by Gasteiger charge is -2.28. The van der Waals surface area contributed by atoms with Gasteiger partial charge in [-0.1, -0.05) is 0 Å². The number of likely N-dealkylation sites (tertiary alicyclic amines) is 1. The second-order valence-electron chi connectivity index (χ2n) is 12.3. The fourth-order valence-electron chi connectivity index (χ4n) is 5.35. The summed E-state index contributed by atoms with van der Waals surface area (Å²) in [5.74, 6) is -0.604. The molecule has 0 aromatic carbocycles. The molecule has 2 unspecified atom stereocenters. The summed E-state index contributed by atoms with van der Waals surface area (Å²) < 4.78 is 53.8. The molecular formula is C26H37N8O13P2+. The summed E-state index contributed by atoms with van der Waals surface area (Å²) in [5.41, 5.74) is 10.9. The summed E-state index contributed by atoms with van der Waals surface area (Å²) in [4.78, 5) is 58.5. The van der Waals surface area contributed by atoms with Crippen LogP contribution < -0.4 is 16.0 Å². The standard InChI is InChI=1S/C26H36N8O13P2/c1-26(2,3)46-25(38)33-9-15(32-6-4-5-14(8-32)22(28)37)7-16(33)10-43-48(39,40)47-49(41,42)44-11-17-19(35)20(36)24(45-17)34-13-31-18-21(27)29-12-30-23(18)34/h4-6,8,12-13,15-17,19-20,24,35-36H,7,9-11H2,1-3H3,(H5-,27,28,29,30,37,39,40,41,42)/p+1/t15-,16-,17+,19+,20+,24+/m0/s1. The van der Waals surface area contributed by atoms with Crippen LogP contribution in [-0.4, -0.2) is 106 Å². The normalized spacial score (nSPS) is 26.8. The van der Waals surface area contributed by atoms with Crippen LogP contribution >= 0.6 is 15.6 Å². The second kappa shape index (κ2) is 13.9. The number of aliphatic hydroxyl groups is 2. The maximum Gasteiger partial charge on any atom is 0.481 e. The van der Waals surface area contributed by atoms with Crippen molar-refractivity contribution in [2.45, 2.75) is 69.4 Å². The SMILES string of the molecule is CC(C)(C)OC(=O)N1C[C@@H]([n+]2cccc(C(N)=O)c2)C[C@H]1COP(=O)(O)OP(=O)(O)OC[C@H]1O[C@@H](n2cnc3c(N)ncnc32)[C@H](O)[C@@H]1O. The number of phosphoric acid groups is 2. The Hall–Kier alpha value is -3.62. The zero-order chi connectivity index (χ0) is 35.9. The van der Waals surface area contributed by atoms with Crippen molar-refractivity contribution in [3.8, 4) is 0 Å². The summed E-state index contributed by atoms with van der Waals surface area (Å²) in [5, 5.41) is 21.1. The maximum absolute atomic E-state index is 13.0. The Morgan fingerprint density at radius 2 is 1.80 bits per heavy atom. The molecule has 0 radical (unpaired) electrons. The van der Waals surface area contributed by atoms with E-state index >= 15 is 0 Å². The van der Waals surface area contributed by atoms with Gasteiger partial charge in [0.25, 0.3) is 5.91 Å². The molecule has 2 aliphatic rings. The number of hydrogen-bond donors (Lipinski definition) is 6. The van der Waals surface area contributed by atoms with E-state index in [1.807, 2.05) is 0 Å². The van der Waals surface area contributed by atoms with Gasteiger partial charge in [0.2, 0.25) is 0 Å². The number of carbonyl (C=O) groups excluding carboxylic acids is 2. The molecule has 0 saturated carbocycles. The molecule has 5 heterocycles. The number of carbonyl (C=O) groups is 2. The number of rotatable bonds is 11. The largest absolute Gasteiger partial charge is 0.481 e. The number of amides is 2. The molecule has 21 nitrogen and oxygen atoms in total. The van der Waals surface area contributed by atoms with Crippen molar-refractivity contribution in [1.29, 1.82) is 0 Å². The third kappa shape index (κ3) is 8.58. The quantitative estimate of drug-likeness (QED) is 0.111. The molecule has 2 fully saturated rings. The van der Waals surface area contributed by atoms with Crippen molar-refractivity contribution in [3.63, 3.8) is 0 Å². The van der Waals surface area contributed by atoms with Crippen LogP contribution in [0.3, 0.4) is 0 Å². The Labute approximate surface area is 278 Å². The van der Waals surface area contributed by atoms with E-state index in [1.165, 1.54) is 28.1 Å². The predicted octanol–water partition coefficient (Wildman–Crippen LogP) is -0.0846. The van der Waals surface area contributed by atoms with Crippen molar-refractivity contribution >= 4 is 44.6 Å². The first-order valence-corrected chi connectivity index (χ1v) is 17.7. The molecule has 0 bridgehead atoms. The van der Waals surface area contributed by atoms with Crippen molar-refractivity contribution in [2.24, 2.45) is 5.73 Å². The molecule has 2 amide bonds. The van der Waals surface area contributed by atoms with Crippen LogP contribution in [0, 0.1) is 0 Å². The fraction of sp³-hybridized carbons (Fsp3) is 0.538. The maximum atomic E-state index is 13.0. The minimum Gasteiger partial charge on any atom is -0.444 e. The Bertz CT molecular complexity index is 1810. The summed E-state index contributed by atoms with van der Waals surface area (Å²) in [7, 11) is -10.7. The van der Waals surface area contributed by atoms with E-state index in [-0.39, 0.29) is 35.5 Å². The van der Waals surface area contributed by atoms with E-state index in [1.54, 1.807) is 37.6 Å². The fourth-order valence-corrected chi connectivity index (χ4v) is 7.47. The molecule has 0 spiro atoms. The number of ether oxygens (including phenoxy) is 2. The van der Waals surface area contributed by atoms with Gasteiger partial charge in [-0.15, -0.1) is 0 Å². The van der Waals surface area contributed by atoms with Gasteiger partial charge in [0.15, 0.2) is 36.1 Å². The van der Waals surface area contributed by atoms with Crippen LogP contribution in [0.1, 0.15) is 49.8 Å². The zero-order valence-corrected chi connectivity index (χ0v) is 28.2. The van der Waals surface area contributed by atoms with Gasteiger partial charge >= 0.3 is 21.7 Å². The Balaban J connectivity index is 1.21. The van der Waals surface area contributed by atoms with Crippen LogP contribution in [-0.2, 0) is 32.0 Å². The number of aromatic nitrogens is 5. The van der Waals surface area contributed by atoms with Gasteiger partial charge in [-0.3, -0.25) is 23.3 Å². The molecule has 2 saturated heterocycles. The molecule has 0 aliphatic carbocycles. The Kier molecular flexibility index (Phi) is 10.4. The van der Waals surface area contributed by atoms with Crippen molar-refractivity contribution in [3.05, 3.63) is 42.7 Å². The zero-order valence-electron chi connectivity index (χ0n) is 26.5. The number of aliphatic hydroxyl groups excluding tert-OH is 2. The van der Waals surface area contributed by atoms with Gasteiger partial charge < -0.3 is 40.9 Å². The van der Waals surface area contributed by atoms with Crippen LogP contribution in [0.4, 0.5) is 10.6 Å². The molecule has 2 aliphatic heterocycles. The molecule has 49 heavy (non-hydrogen) atoms. The molecule has 3 aromatic rings. The lowest BCUT2D eigenvalue weighted by molar-refractivity contribution is -0.719. The number of hydrogen-bond acceptors (Lipinski definition) is 15. The third-order valence-corrected chi connectivity index (χ3v) is 10.2. The molecule has 3 aromatic heterocycles. The number of nitrogens with zero attached hydrogens (tertiary/aromatic N) is 6. The number of fused-ring (bicyclic) bond motifs is 1. The minimum absolute atomic E-state index is 0.0553. The number of anilines is 1. The smallest absolute Gasteiger partial charge is 0.444 e. The number of pyridine rings is 1. The van der Waals surface area contributed by atoms with E-state index in [9.17, 15) is 38.7 Å². The van der Waals surface area contributed by atoms with Gasteiger partial charge in [-0.05, 0) is 26.8 Å². The number of imidazole rings is 1. The number of primary amides is 1. The first kappa shape index (κ1) is 36.7. The van der Waals surface area contributed by atoms with Crippen molar-refractivity contribution < 1.29 is 66.1 Å². The molecular weight excluding hydrogens is 694 g/mol. The summed E-state index contributed by atoms with van der Waals surface area (Å²) in [6, 6.07) is 1.79. The van der Waals surface area contributed by atoms with Gasteiger partial charge in [-0.25, -0.2) is 28.9 Å². The van der Waals surface area contributed by atoms with E-state index < -0.39 is 83.1 Å². The van der Waals surface area contributed by atoms with Crippen LogP contribution in [0.25, 0.3) is 11.2 Å². The van der Waals surface area contributed by atoms with Gasteiger partial charge in [0, 0.05) is 12.5 Å². The topological polar surface area (TPSA) is 298 Å².